The molecular formula is C32H48N2O. The lowest BCUT2D eigenvalue weighted by molar-refractivity contribution is 0.0904. The summed E-state index contributed by atoms with van der Waals surface area (Å²) >= 11 is 0. The molecule has 0 bridgehead atoms. The predicted molar refractivity (Wildman–Crippen MR) is 151 cm³/mol. The van der Waals surface area contributed by atoms with Crippen LogP contribution in [-0.4, -0.2) is 34.9 Å². The van der Waals surface area contributed by atoms with Crippen LogP contribution in [0.25, 0.3) is 10.9 Å². The highest BCUT2D eigenvalue weighted by Crippen LogP contribution is 2.27. The molecule has 0 spiro atoms. The summed E-state index contributed by atoms with van der Waals surface area (Å²) in [6.07, 6.45) is 22.7. The third kappa shape index (κ3) is 9.11. The van der Waals surface area contributed by atoms with Crippen LogP contribution in [0.3, 0.4) is 0 Å². The number of hydrogen-bond donors (Lipinski definition) is 0. The Kier molecular flexibility index (Phi) is 9.47. The molecule has 3 heteroatoms. The fraction of sp³-hybridized carbons (Fsp3) is 0.594. The van der Waals surface area contributed by atoms with Crippen molar-refractivity contribution in [2.24, 2.45) is 0 Å². The summed E-state index contributed by atoms with van der Waals surface area (Å²) in [7, 11) is 0. The van der Waals surface area contributed by atoms with E-state index in [1.807, 2.05) is 24.3 Å². The predicted octanol–water partition coefficient (Wildman–Crippen LogP) is 8.73. The number of carbonyl (C=O) groups is 1. The molecule has 0 aliphatic carbocycles. The Morgan fingerprint density at radius 3 is 2.57 bits per heavy atom. The van der Waals surface area contributed by atoms with Crippen molar-refractivity contribution in [3.05, 3.63) is 60.3 Å². The minimum absolute atomic E-state index is 0.0389. The molecule has 0 radical (unpaired) electrons. The van der Waals surface area contributed by atoms with Gasteiger partial charge in [-0.3, -0.25) is 9.36 Å². The number of rotatable bonds is 16. The van der Waals surface area contributed by atoms with E-state index in [2.05, 4.69) is 31.2 Å². The Hall–Kier alpha value is -2.13. The topological polar surface area (TPSA) is 25.2 Å². The largest absolute Gasteiger partial charge is 0.303 e. The van der Waals surface area contributed by atoms with Crippen molar-refractivity contribution < 1.29 is 11.6 Å². The molecule has 1 fully saturated rings. The molecule has 0 amide bonds. The van der Waals surface area contributed by atoms with Crippen molar-refractivity contribution in [2.45, 2.75) is 109 Å². The van der Waals surface area contributed by atoms with Gasteiger partial charge in [-0.15, -0.1) is 0 Å². The summed E-state index contributed by atoms with van der Waals surface area (Å²) < 4.78 is 43.2. The molecule has 1 aliphatic rings. The van der Waals surface area contributed by atoms with Gasteiger partial charge in [0.15, 0.2) is 0 Å². The third-order valence-corrected chi connectivity index (χ3v) is 6.90. The number of unbranched alkanes of at least 4 members (excludes halogenated alkanes) is 8. The van der Waals surface area contributed by atoms with Gasteiger partial charge in [0, 0.05) is 30.9 Å². The van der Waals surface area contributed by atoms with E-state index in [9.17, 15) is 4.79 Å². The van der Waals surface area contributed by atoms with Crippen LogP contribution in [0.2, 0.25) is 0 Å². The van der Waals surface area contributed by atoms with Crippen LogP contribution < -0.4 is 0 Å². The molecule has 192 valence electrons. The number of allylic oxidation sites excluding steroid dienone is 4. The van der Waals surface area contributed by atoms with Gasteiger partial charge < -0.3 is 4.90 Å². The number of nitrogens with zero attached hydrogens (tertiary/aromatic N) is 2. The Morgan fingerprint density at radius 2 is 1.77 bits per heavy atom. The number of fused-ring (bicyclic) bond motifs is 1. The van der Waals surface area contributed by atoms with Gasteiger partial charge in [0.05, 0.1) is 5.52 Å². The molecule has 0 N–H and O–H groups in total. The van der Waals surface area contributed by atoms with E-state index in [-0.39, 0.29) is 5.91 Å². The lowest BCUT2D eigenvalue weighted by atomic mass is 10.0. The molecule has 1 aliphatic heterocycles. The zero-order chi connectivity index (χ0) is 29.0. The molecule has 0 unspecified atom stereocenters. The van der Waals surface area contributed by atoms with E-state index in [0.717, 1.165) is 38.5 Å². The lowest BCUT2D eigenvalue weighted by Crippen LogP contribution is -2.26. The fourth-order valence-electron chi connectivity index (χ4n) is 4.81. The zero-order valence-corrected chi connectivity index (χ0v) is 21.7. The van der Waals surface area contributed by atoms with Crippen molar-refractivity contribution in [3.63, 3.8) is 0 Å². The quantitative estimate of drug-likeness (QED) is 0.177. The van der Waals surface area contributed by atoms with E-state index in [1.54, 1.807) is 10.8 Å². The highest BCUT2D eigenvalue weighted by atomic mass is 16.2. The van der Waals surface area contributed by atoms with E-state index >= 15 is 0 Å². The zero-order valence-electron chi connectivity index (χ0n) is 26.7. The molecule has 1 aromatic heterocycles. The Morgan fingerprint density at radius 1 is 1.03 bits per heavy atom. The van der Waals surface area contributed by atoms with Gasteiger partial charge in [-0.25, -0.2) is 0 Å². The lowest BCUT2D eigenvalue weighted by Gasteiger charge is -2.18. The van der Waals surface area contributed by atoms with E-state index < -0.39 is 19.4 Å². The number of aromatic nitrogens is 1. The van der Waals surface area contributed by atoms with Crippen LogP contribution in [0.5, 0.6) is 0 Å². The van der Waals surface area contributed by atoms with Gasteiger partial charge >= 0.3 is 0 Å². The van der Waals surface area contributed by atoms with Crippen LogP contribution in [0.1, 0.15) is 114 Å². The first-order valence-corrected chi connectivity index (χ1v) is 13.9. The maximum Gasteiger partial charge on any atom is 0.231 e. The molecular weight excluding hydrogens is 428 g/mol. The Balaban J connectivity index is 1.47. The summed E-state index contributed by atoms with van der Waals surface area (Å²) in [5.41, 5.74) is 1.09. The van der Waals surface area contributed by atoms with Crippen LogP contribution in [0, 0.1) is 0 Å². The van der Waals surface area contributed by atoms with Crippen LogP contribution in [-0.2, 0) is 6.37 Å². The third-order valence-electron chi connectivity index (χ3n) is 6.90. The maximum atomic E-state index is 13.2. The molecule has 3 nitrogen and oxygen atoms in total. The van der Waals surface area contributed by atoms with Crippen molar-refractivity contribution in [1.82, 2.24) is 9.47 Å². The van der Waals surface area contributed by atoms with Crippen molar-refractivity contribution in [3.8, 4) is 0 Å². The second kappa shape index (κ2) is 15.8. The van der Waals surface area contributed by atoms with Crippen LogP contribution in [0.4, 0.5) is 0 Å². The summed E-state index contributed by atoms with van der Waals surface area (Å²) in [5.74, 6) is -0.0389. The summed E-state index contributed by atoms with van der Waals surface area (Å²) in [5, 5.41) is 0.679. The molecule has 35 heavy (non-hydrogen) atoms. The van der Waals surface area contributed by atoms with Crippen LogP contribution >= 0.6 is 0 Å². The monoisotopic (exact) mass is 481 g/mol. The summed E-state index contributed by atoms with van der Waals surface area (Å²) in [6, 6.07) is 6.62. The summed E-state index contributed by atoms with van der Waals surface area (Å²) in [4.78, 5) is 14.5. The molecule has 0 saturated carbocycles. The number of benzene rings is 1. The van der Waals surface area contributed by atoms with Crippen molar-refractivity contribution >= 4 is 16.8 Å². The first kappa shape index (κ1) is 21.0. The van der Waals surface area contributed by atoms with Crippen molar-refractivity contribution in [2.75, 3.05) is 13.5 Å². The number of likely N-dealkylation sites (tertiary alicyclic amines) is 1. The SMILES string of the molecule is [2H]C([2H])(c1cn(C(=O)CCCCCCC/C=C\C/C=C\CCCCC)c2ccccc12)[C@H]1CCCN1C([2H])([2H])[2H]. The molecule has 3 rings (SSSR count). The average molecular weight is 482 g/mol. The molecule has 1 aromatic carbocycles. The highest BCUT2D eigenvalue weighted by Gasteiger charge is 2.23. The number of hydrogen-bond acceptors (Lipinski definition) is 2. The first-order valence-electron chi connectivity index (χ1n) is 16.4. The first-order chi connectivity index (χ1) is 19.2. The van der Waals surface area contributed by atoms with Crippen molar-refractivity contribution in [1.29, 1.82) is 0 Å². The van der Waals surface area contributed by atoms with E-state index in [0.29, 0.717) is 42.3 Å². The second-order valence-corrected chi connectivity index (χ2v) is 9.80. The number of likely N-dealkylation sites (N-methyl/N-ethyl adjacent to an activating group) is 1. The van der Waals surface area contributed by atoms with Gasteiger partial charge in [0.25, 0.3) is 0 Å². The summed E-state index contributed by atoms with van der Waals surface area (Å²) in [6.45, 7) is 0.239. The Labute approximate surface area is 221 Å². The molecule has 2 aromatic rings. The highest BCUT2D eigenvalue weighted by molar-refractivity contribution is 5.94. The maximum absolute atomic E-state index is 13.2. The van der Waals surface area contributed by atoms with Gasteiger partial charge in [0.1, 0.15) is 0 Å². The minimum Gasteiger partial charge on any atom is -0.303 e. The molecule has 1 saturated heterocycles. The number of carbonyl (C=O) groups excluding carboxylic acids is 1. The van der Waals surface area contributed by atoms with Gasteiger partial charge in [0.2, 0.25) is 5.91 Å². The molecule has 2 heterocycles. The minimum atomic E-state index is -2.34. The van der Waals surface area contributed by atoms with E-state index in [4.69, 9.17) is 6.85 Å². The normalized spacial score (nSPS) is 19.8. The number of para-hydroxylation sites is 1. The standard InChI is InChI=1S/C32H48N2O/c1-3-4-5-6-7-8-9-10-11-12-13-14-15-16-17-24-32(35)34-27-28(26-29-21-20-25-33(29)2)30-22-18-19-23-31(30)34/h7-8,10-11,18-19,22-23,27,29H,3-6,9,12-17,20-21,24-26H2,1-2H3/b8-7-,11-10-/t29-/m1/s1/i2D3,26D2. The molecule has 1 atom stereocenters. The van der Waals surface area contributed by atoms with Crippen LogP contribution in [0.15, 0.2) is 54.8 Å². The van der Waals surface area contributed by atoms with Gasteiger partial charge in [-0.2, -0.15) is 0 Å². The smallest absolute Gasteiger partial charge is 0.231 e. The Bertz CT molecular complexity index is 1120. The average Bonchev–Trinajstić information content (AvgIpc) is 3.58. The van der Waals surface area contributed by atoms with Gasteiger partial charge in [-0.05, 0) is 82.9 Å². The van der Waals surface area contributed by atoms with Gasteiger partial charge in [-0.1, -0.05) is 81.5 Å². The fourth-order valence-corrected chi connectivity index (χ4v) is 4.81. The van der Waals surface area contributed by atoms with E-state index in [1.165, 1.54) is 37.0 Å². The second-order valence-electron chi connectivity index (χ2n) is 9.80.